The van der Waals surface area contributed by atoms with Gasteiger partial charge in [0.05, 0.1) is 5.75 Å². The summed E-state index contributed by atoms with van der Waals surface area (Å²) in [5, 5.41) is 3.74. The average molecular weight is 509 g/mol. The highest BCUT2D eigenvalue weighted by Crippen LogP contribution is 2.19. The van der Waals surface area contributed by atoms with Gasteiger partial charge in [-0.1, -0.05) is 91.3 Å². The zero-order chi connectivity index (χ0) is 25.0. The number of hydrogen-bond acceptors (Lipinski definition) is 3. The van der Waals surface area contributed by atoms with Crippen molar-refractivity contribution < 1.29 is 9.59 Å². The minimum atomic E-state index is -0.619. The smallest absolute Gasteiger partial charge is 0.243 e. The first kappa shape index (κ1) is 26.8. The summed E-state index contributed by atoms with van der Waals surface area (Å²) in [4.78, 5) is 28.8. The predicted octanol–water partition coefficient (Wildman–Crippen LogP) is 6.13. The third-order valence-corrected chi connectivity index (χ3v) is 7.12. The number of nitrogens with one attached hydrogen (secondary N) is 1. The maximum atomic E-state index is 13.6. The molecule has 0 bridgehead atoms. The average Bonchev–Trinajstić information content (AvgIpc) is 2.88. The largest absolute Gasteiger partial charge is 0.352 e. The van der Waals surface area contributed by atoms with Gasteiger partial charge in [-0.05, 0) is 42.2 Å². The lowest BCUT2D eigenvalue weighted by molar-refractivity contribution is -0.139. The first-order valence-electron chi connectivity index (χ1n) is 12.0. The van der Waals surface area contributed by atoms with Crippen LogP contribution >= 0.6 is 23.4 Å². The Kier molecular flexibility index (Phi) is 10.7. The van der Waals surface area contributed by atoms with E-state index in [-0.39, 0.29) is 17.9 Å². The number of hydrogen-bond donors (Lipinski definition) is 1. The number of carbonyl (C=O) groups is 2. The fourth-order valence-electron chi connectivity index (χ4n) is 3.69. The van der Waals surface area contributed by atoms with Crippen molar-refractivity contribution in [3.05, 3.63) is 107 Å². The number of thioether (sulfide) groups is 1. The number of benzene rings is 3. The van der Waals surface area contributed by atoms with E-state index < -0.39 is 6.04 Å². The molecule has 0 saturated heterocycles. The van der Waals surface area contributed by atoms with E-state index in [1.54, 1.807) is 16.7 Å². The zero-order valence-corrected chi connectivity index (χ0v) is 21.9. The van der Waals surface area contributed by atoms with Gasteiger partial charge in [0.1, 0.15) is 6.04 Å². The Balaban J connectivity index is 1.85. The molecule has 4 nitrogen and oxygen atoms in total. The Bertz CT molecular complexity index is 1060. The lowest BCUT2D eigenvalue weighted by Crippen LogP contribution is -2.52. The molecule has 2 atom stereocenters. The van der Waals surface area contributed by atoms with Crippen molar-refractivity contribution >= 4 is 35.2 Å². The monoisotopic (exact) mass is 508 g/mol. The molecule has 1 N–H and O–H groups in total. The van der Waals surface area contributed by atoms with Crippen molar-refractivity contribution in [1.82, 2.24) is 10.2 Å². The molecule has 0 heterocycles. The van der Waals surface area contributed by atoms with Gasteiger partial charge < -0.3 is 10.2 Å². The van der Waals surface area contributed by atoms with E-state index in [1.807, 2.05) is 86.6 Å². The molecule has 0 radical (unpaired) electrons. The van der Waals surface area contributed by atoms with E-state index in [0.29, 0.717) is 23.7 Å². The molecule has 0 aliphatic carbocycles. The predicted molar refractivity (Wildman–Crippen MR) is 146 cm³/mol. The summed E-state index contributed by atoms with van der Waals surface area (Å²) in [7, 11) is 0. The number of nitrogens with zero attached hydrogens (tertiary/aromatic N) is 1. The highest BCUT2D eigenvalue weighted by molar-refractivity contribution is 7.99. The summed E-state index contributed by atoms with van der Waals surface area (Å²) in [6, 6.07) is 26.8. The van der Waals surface area contributed by atoms with E-state index in [0.717, 1.165) is 23.3 Å². The molecule has 3 aromatic carbocycles. The van der Waals surface area contributed by atoms with Gasteiger partial charge in [-0.3, -0.25) is 9.59 Å². The molecule has 2 amide bonds. The van der Waals surface area contributed by atoms with Crippen molar-refractivity contribution in [2.75, 3.05) is 5.75 Å². The van der Waals surface area contributed by atoms with Gasteiger partial charge in [0, 0.05) is 29.8 Å². The number of amides is 2. The zero-order valence-electron chi connectivity index (χ0n) is 20.3. The van der Waals surface area contributed by atoms with Gasteiger partial charge >= 0.3 is 0 Å². The lowest BCUT2D eigenvalue weighted by atomic mass is 10.0. The highest BCUT2D eigenvalue weighted by atomic mass is 35.5. The van der Waals surface area contributed by atoms with E-state index >= 15 is 0 Å². The molecule has 6 heteroatoms. The molecule has 3 rings (SSSR count). The Morgan fingerprint density at radius 1 is 0.886 bits per heavy atom. The Hall–Kier alpha value is -2.76. The molecule has 0 aliphatic heterocycles. The lowest BCUT2D eigenvalue weighted by Gasteiger charge is -2.32. The van der Waals surface area contributed by atoms with Crippen molar-refractivity contribution in [1.29, 1.82) is 0 Å². The quantitative estimate of drug-likeness (QED) is 0.320. The van der Waals surface area contributed by atoms with Gasteiger partial charge in [0.2, 0.25) is 11.8 Å². The Morgan fingerprint density at radius 2 is 1.49 bits per heavy atom. The van der Waals surface area contributed by atoms with Crippen LogP contribution in [-0.4, -0.2) is 34.6 Å². The molecular formula is C29H33ClN2O2S. The van der Waals surface area contributed by atoms with Crippen LogP contribution in [0.1, 0.15) is 37.0 Å². The second-order valence-corrected chi connectivity index (χ2v) is 10.1. The van der Waals surface area contributed by atoms with Gasteiger partial charge in [-0.25, -0.2) is 0 Å². The standard InChI is InChI=1S/C29H33ClN2O2S/c1-3-22(2)31-29(34)27(18-23-10-6-4-7-11-23)32(19-24-14-16-26(30)17-15-24)28(33)21-35-20-25-12-8-5-9-13-25/h4-17,22,27H,3,18-21H2,1-2H3,(H,31,34)/t22-,27+/m0/s1. The van der Waals surface area contributed by atoms with Gasteiger partial charge in [-0.15, -0.1) is 11.8 Å². The molecule has 0 aromatic heterocycles. The first-order valence-corrected chi connectivity index (χ1v) is 13.5. The van der Waals surface area contributed by atoms with E-state index in [2.05, 4.69) is 17.4 Å². The summed E-state index contributed by atoms with van der Waals surface area (Å²) >= 11 is 7.65. The van der Waals surface area contributed by atoms with Crippen molar-refractivity contribution in [2.45, 2.75) is 51.1 Å². The topological polar surface area (TPSA) is 49.4 Å². The minimum Gasteiger partial charge on any atom is -0.352 e. The fourth-order valence-corrected chi connectivity index (χ4v) is 4.69. The van der Waals surface area contributed by atoms with Crippen molar-refractivity contribution in [3.63, 3.8) is 0 Å². The number of carbonyl (C=O) groups excluding carboxylic acids is 2. The molecular weight excluding hydrogens is 476 g/mol. The third-order valence-electron chi connectivity index (χ3n) is 5.88. The second-order valence-electron chi connectivity index (χ2n) is 8.65. The van der Waals surface area contributed by atoms with Crippen LogP contribution in [0.3, 0.4) is 0 Å². The summed E-state index contributed by atoms with van der Waals surface area (Å²) in [6.07, 6.45) is 1.27. The van der Waals surface area contributed by atoms with Crippen LogP contribution in [0.5, 0.6) is 0 Å². The number of halogens is 1. The number of rotatable bonds is 12. The van der Waals surface area contributed by atoms with Crippen molar-refractivity contribution in [3.8, 4) is 0 Å². The molecule has 0 fully saturated rings. The van der Waals surface area contributed by atoms with E-state index in [4.69, 9.17) is 11.6 Å². The van der Waals surface area contributed by atoms with Crippen LogP contribution in [-0.2, 0) is 28.3 Å². The maximum absolute atomic E-state index is 13.6. The highest BCUT2D eigenvalue weighted by Gasteiger charge is 2.30. The molecule has 0 aliphatic rings. The van der Waals surface area contributed by atoms with Crippen LogP contribution in [0.4, 0.5) is 0 Å². The van der Waals surface area contributed by atoms with Crippen LogP contribution < -0.4 is 5.32 Å². The van der Waals surface area contributed by atoms with Gasteiger partial charge in [0.15, 0.2) is 0 Å². The van der Waals surface area contributed by atoms with Crippen LogP contribution in [0.2, 0.25) is 5.02 Å². The Morgan fingerprint density at radius 3 is 2.09 bits per heavy atom. The van der Waals surface area contributed by atoms with Crippen LogP contribution in [0, 0.1) is 0 Å². The van der Waals surface area contributed by atoms with Gasteiger partial charge in [0.25, 0.3) is 0 Å². The van der Waals surface area contributed by atoms with Crippen LogP contribution in [0.25, 0.3) is 0 Å². The second kappa shape index (κ2) is 14.0. The summed E-state index contributed by atoms with van der Waals surface area (Å²) in [5.74, 6) is 0.855. The molecule has 184 valence electrons. The van der Waals surface area contributed by atoms with E-state index in [1.165, 1.54) is 5.56 Å². The van der Waals surface area contributed by atoms with E-state index in [9.17, 15) is 9.59 Å². The van der Waals surface area contributed by atoms with Gasteiger partial charge in [-0.2, -0.15) is 0 Å². The summed E-state index contributed by atoms with van der Waals surface area (Å²) in [6.45, 7) is 4.36. The third kappa shape index (κ3) is 8.75. The maximum Gasteiger partial charge on any atom is 0.243 e. The minimum absolute atomic E-state index is 0.0284. The molecule has 0 saturated carbocycles. The van der Waals surface area contributed by atoms with Crippen LogP contribution in [0.15, 0.2) is 84.9 Å². The fraction of sp³-hybridized carbons (Fsp3) is 0.310. The normalized spacial score (nSPS) is 12.5. The molecule has 0 spiro atoms. The molecule has 35 heavy (non-hydrogen) atoms. The van der Waals surface area contributed by atoms with Crippen molar-refractivity contribution in [2.24, 2.45) is 0 Å². The SMILES string of the molecule is CC[C@H](C)NC(=O)[C@@H](Cc1ccccc1)N(Cc1ccc(Cl)cc1)C(=O)CSCc1ccccc1. The summed E-state index contributed by atoms with van der Waals surface area (Å²) < 4.78 is 0. The first-order chi connectivity index (χ1) is 17.0. The molecule has 3 aromatic rings. The Labute approximate surface area is 218 Å². The summed E-state index contributed by atoms with van der Waals surface area (Å²) in [5.41, 5.74) is 3.12. The molecule has 0 unspecified atom stereocenters.